The summed E-state index contributed by atoms with van der Waals surface area (Å²) in [7, 11) is 0. The predicted octanol–water partition coefficient (Wildman–Crippen LogP) is 3.15. The van der Waals surface area contributed by atoms with Crippen LogP contribution in [0, 0.1) is 0 Å². The molecule has 0 saturated heterocycles. The summed E-state index contributed by atoms with van der Waals surface area (Å²) >= 11 is 5.78. The van der Waals surface area contributed by atoms with E-state index in [2.05, 4.69) is 29.1 Å². The molecule has 1 aromatic rings. The van der Waals surface area contributed by atoms with Crippen LogP contribution in [0.3, 0.4) is 0 Å². The van der Waals surface area contributed by atoms with Gasteiger partial charge in [-0.3, -0.25) is 0 Å². The van der Waals surface area contributed by atoms with Gasteiger partial charge in [-0.2, -0.15) is 0 Å². The molecule has 1 heterocycles. The molecular formula is C13H22ClN3O2. The maximum Gasteiger partial charge on any atom is 0.222 e. The van der Waals surface area contributed by atoms with Gasteiger partial charge < -0.3 is 15.2 Å². The molecule has 0 aromatic carbocycles. The summed E-state index contributed by atoms with van der Waals surface area (Å²) in [5.74, 6) is 0. The van der Waals surface area contributed by atoms with Crippen molar-refractivity contribution in [1.29, 1.82) is 0 Å². The average molecular weight is 288 g/mol. The van der Waals surface area contributed by atoms with Crippen molar-refractivity contribution in [2.75, 3.05) is 11.9 Å². The zero-order valence-corrected chi connectivity index (χ0v) is 12.4. The van der Waals surface area contributed by atoms with Crippen molar-refractivity contribution in [3.8, 4) is 0 Å². The van der Waals surface area contributed by atoms with E-state index in [0.717, 1.165) is 19.3 Å². The van der Waals surface area contributed by atoms with Crippen LogP contribution in [0.25, 0.3) is 0 Å². The second kappa shape index (κ2) is 8.30. The van der Waals surface area contributed by atoms with E-state index in [1.54, 1.807) is 6.20 Å². The van der Waals surface area contributed by atoms with E-state index in [9.17, 15) is 5.11 Å². The van der Waals surface area contributed by atoms with Gasteiger partial charge in [-0.15, -0.1) is 0 Å². The SMILES string of the molecule is CCCC(CC)Nc1cnc(Cl)nc1C(O)OCC. The molecule has 0 radical (unpaired) electrons. The fourth-order valence-electron chi connectivity index (χ4n) is 1.86. The molecule has 0 spiro atoms. The summed E-state index contributed by atoms with van der Waals surface area (Å²) in [6, 6.07) is 0.322. The third kappa shape index (κ3) is 4.93. The number of hydrogen-bond acceptors (Lipinski definition) is 5. The Hall–Kier alpha value is -0.910. The molecule has 0 aliphatic carbocycles. The molecule has 2 unspecified atom stereocenters. The molecule has 0 saturated carbocycles. The third-order valence-electron chi connectivity index (χ3n) is 2.84. The molecule has 0 aliphatic heterocycles. The number of anilines is 1. The normalized spacial score (nSPS) is 14.2. The van der Waals surface area contributed by atoms with Crippen LogP contribution in [-0.4, -0.2) is 27.7 Å². The highest BCUT2D eigenvalue weighted by Gasteiger charge is 2.17. The van der Waals surface area contributed by atoms with Crippen LogP contribution in [0.2, 0.25) is 5.28 Å². The summed E-state index contributed by atoms with van der Waals surface area (Å²) in [6.07, 6.45) is 3.62. The molecule has 0 aliphatic rings. The lowest BCUT2D eigenvalue weighted by molar-refractivity contribution is -0.100. The first kappa shape index (κ1) is 16.1. The molecule has 2 atom stereocenters. The summed E-state index contributed by atoms with van der Waals surface area (Å²) in [4.78, 5) is 8.01. The number of aromatic nitrogens is 2. The largest absolute Gasteiger partial charge is 0.379 e. The zero-order chi connectivity index (χ0) is 14.3. The highest BCUT2D eigenvalue weighted by atomic mass is 35.5. The van der Waals surface area contributed by atoms with Gasteiger partial charge in [-0.25, -0.2) is 9.97 Å². The molecule has 6 heteroatoms. The number of aliphatic hydroxyl groups excluding tert-OH is 1. The standard InChI is InChI=1S/C13H22ClN3O2/c1-4-7-9(5-2)16-10-8-15-13(14)17-11(10)12(18)19-6-3/h8-9,12,16,18H,4-7H2,1-3H3. The topological polar surface area (TPSA) is 67.3 Å². The van der Waals surface area contributed by atoms with Gasteiger partial charge in [-0.05, 0) is 31.4 Å². The first-order valence-corrected chi connectivity index (χ1v) is 7.08. The van der Waals surface area contributed by atoms with Crippen molar-refractivity contribution in [3.05, 3.63) is 17.2 Å². The number of halogens is 1. The molecule has 0 bridgehead atoms. The lowest BCUT2D eigenvalue weighted by Crippen LogP contribution is -2.21. The van der Waals surface area contributed by atoms with E-state index in [-0.39, 0.29) is 5.28 Å². The van der Waals surface area contributed by atoms with Crippen LogP contribution in [0.15, 0.2) is 6.20 Å². The number of hydrogen-bond donors (Lipinski definition) is 2. The number of aliphatic hydroxyl groups is 1. The average Bonchev–Trinajstić information content (AvgIpc) is 2.40. The fraction of sp³-hybridized carbons (Fsp3) is 0.692. The molecule has 2 N–H and O–H groups in total. The minimum absolute atomic E-state index is 0.0999. The Morgan fingerprint density at radius 1 is 1.42 bits per heavy atom. The molecule has 0 amide bonds. The molecule has 108 valence electrons. The van der Waals surface area contributed by atoms with E-state index < -0.39 is 6.29 Å². The third-order valence-corrected chi connectivity index (χ3v) is 3.02. The smallest absolute Gasteiger partial charge is 0.222 e. The zero-order valence-electron chi connectivity index (χ0n) is 11.7. The molecular weight excluding hydrogens is 266 g/mol. The summed E-state index contributed by atoms with van der Waals surface area (Å²) < 4.78 is 5.17. The first-order chi connectivity index (χ1) is 9.12. The first-order valence-electron chi connectivity index (χ1n) is 6.70. The Bertz CT molecular complexity index is 390. The van der Waals surface area contributed by atoms with Crippen molar-refractivity contribution < 1.29 is 9.84 Å². The Balaban J connectivity index is 2.92. The monoisotopic (exact) mass is 287 g/mol. The quantitative estimate of drug-likeness (QED) is 0.568. The predicted molar refractivity (Wildman–Crippen MR) is 76.2 cm³/mol. The van der Waals surface area contributed by atoms with Crippen LogP contribution in [0.1, 0.15) is 52.0 Å². The van der Waals surface area contributed by atoms with Crippen LogP contribution < -0.4 is 5.32 Å². The number of nitrogens with zero attached hydrogens (tertiary/aromatic N) is 2. The van der Waals surface area contributed by atoms with Gasteiger partial charge in [0, 0.05) is 12.6 Å². The summed E-state index contributed by atoms with van der Waals surface area (Å²) in [5, 5.41) is 13.4. The van der Waals surface area contributed by atoms with Crippen molar-refractivity contribution in [1.82, 2.24) is 9.97 Å². The van der Waals surface area contributed by atoms with Crippen molar-refractivity contribution in [3.63, 3.8) is 0 Å². The highest BCUT2D eigenvalue weighted by molar-refractivity contribution is 6.28. The fourth-order valence-corrected chi connectivity index (χ4v) is 2.00. The van der Waals surface area contributed by atoms with Gasteiger partial charge in [0.15, 0.2) is 0 Å². The number of nitrogens with one attached hydrogen (secondary N) is 1. The Morgan fingerprint density at radius 3 is 2.74 bits per heavy atom. The van der Waals surface area contributed by atoms with Gasteiger partial charge in [0.25, 0.3) is 0 Å². The van der Waals surface area contributed by atoms with Crippen molar-refractivity contribution >= 4 is 17.3 Å². The van der Waals surface area contributed by atoms with E-state index >= 15 is 0 Å². The summed E-state index contributed by atoms with van der Waals surface area (Å²) in [5.41, 5.74) is 1.06. The van der Waals surface area contributed by atoms with Crippen LogP contribution in [0.5, 0.6) is 0 Å². The molecule has 19 heavy (non-hydrogen) atoms. The lowest BCUT2D eigenvalue weighted by Gasteiger charge is -2.21. The van der Waals surface area contributed by atoms with Gasteiger partial charge in [0.05, 0.1) is 11.9 Å². The number of rotatable bonds is 8. The lowest BCUT2D eigenvalue weighted by atomic mass is 10.1. The maximum absolute atomic E-state index is 9.93. The second-order valence-corrected chi connectivity index (χ2v) is 4.62. The maximum atomic E-state index is 9.93. The molecule has 5 nitrogen and oxygen atoms in total. The Labute approximate surface area is 119 Å². The van der Waals surface area contributed by atoms with Crippen molar-refractivity contribution in [2.45, 2.75) is 52.4 Å². The van der Waals surface area contributed by atoms with E-state index in [1.807, 2.05) is 6.92 Å². The van der Waals surface area contributed by atoms with Gasteiger partial charge in [0.1, 0.15) is 5.69 Å². The minimum atomic E-state index is -1.09. The van der Waals surface area contributed by atoms with Crippen LogP contribution >= 0.6 is 11.6 Å². The Kier molecular flexibility index (Phi) is 7.05. The van der Waals surface area contributed by atoms with E-state index in [1.165, 1.54) is 0 Å². The summed E-state index contributed by atoms with van der Waals surface area (Å²) in [6.45, 7) is 6.46. The molecule has 0 fully saturated rings. The van der Waals surface area contributed by atoms with Gasteiger partial charge in [0.2, 0.25) is 11.6 Å². The van der Waals surface area contributed by atoms with E-state index in [4.69, 9.17) is 16.3 Å². The minimum Gasteiger partial charge on any atom is -0.379 e. The molecule has 1 rings (SSSR count). The van der Waals surface area contributed by atoms with Crippen LogP contribution in [-0.2, 0) is 4.74 Å². The molecule has 1 aromatic heterocycles. The van der Waals surface area contributed by atoms with Crippen LogP contribution in [0.4, 0.5) is 5.69 Å². The number of ether oxygens (including phenoxy) is 1. The Morgan fingerprint density at radius 2 is 2.16 bits per heavy atom. The van der Waals surface area contributed by atoms with Gasteiger partial charge in [-0.1, -0.05) is 20.3 Å². The van der Waals surface area contributed by atoms with Crippen molar-refractivity contribution in [2.24, 2.45) is 0 Å². The highest BCUT2D eigenvalue weighted by Crippen LogP contribution is 2.24. The van der Waals surface area contributed by atoms with E-state index in [0.29, 0.717) is 24.0 Å². The second-order valence-electron chi connectivity index (χ2n) is 4.28. The van der Waals surface area contributed by atoms with Gasteiger partial charge >= 0.3 is 0 Å².